The van der Waals surface area contributed by atoms with Crippen LogP contribution in [-0.2, 0) is 0 Å². The van der Waals surface area contributed by atoms with E-state index in [1.165, 1.54) is 38.6 Å². The molecule has 0 N–H and O–H groups in total. The van der Waals surface area contributed by atoms with Gasteiger partial charge in [0.25, 0.3) is 0 Å². The van der Waals surface area contributed by atoms with E-state index < -0.39 is 0 Å². The van der Waals surface area contributed by atoms with Crippen LogP contribution in [0.5, 0.6) is 0 Å². The van der Waals surface area contributed by atoms with Crippen LogP contribution in [0.25, 0.3) is 44.2 Å². The summed E-state index contributed by atoms with van der Waals surface area (Å²) in [5.41, 5.74) is 7.55. The second-order valence-corrected chi connectivity index (χ2v) is 7.27. The first kappa shape index (κ1) is 14.3. The SMILES string of the molecule is Clc1cccc(-c2ccc3c(c2)-c2cccc4cccc-3c24)c1Br. The monoisotopic (exact) mass is 390 g/mol. The molecular formula is C22H12BrCl. The summed E-state index contributed by atoms with van der Waals surface area (Å²) in [5, 5.41) is 3.39. The molecule has 0 nitrogen and oxygen atoms in total. The highest BCUT2D eigenvalue weighted by molar-refractivity contribution is 9.10. The first-order chi connectivity index (χ1) is 11.7. The predicted molar refractivity (Wildman–Crippen MR) is 107 cm³/mol. The molecule has 0 spiro atoms. The molecule has 0 aliphatic heterocycles. The van der Waals surface area contributed by atoms with Gasteiger partial charge in [-0.3, -0.25) is 0 Å². The lowest BCUT2D eigenvalue weighted by Gasteiger charge is -2.09. The van der Waals surface area contributed by atoms with Gasteiger partial charge in [0.2, 0.25) is 0 Å². The number of fused-ring (bicyclic) bond motifs is 3. The van der Waals surface area contributed by atoms with Gasteiger partial charge in [-0.25, -0.2) is 0 Å². The van der Waals surface area contributed by atoms with Crippen molar-refractivity contribution in [3.05, 3.63) is 82.3 Å². The second-order valence-electron chi connectivity index (χ2n) is 6.07. The Morgan fingerprint density at radius 1 is 0.625 bits per heavy atom. The number of benzene rings is 4. The Kier molecular flexibility index (Phi) is 3.09. The largest absolute Gasteiger partial charge is 0.0831 e. The Morgan fingerprint density at radius 3 is 2.08 bits per heavy atom. The van der Waals surface area contributed by atoms with Crippen LogP contribution in [0, 0.1) is 0 Å². The molecule has 0 amide bonds. The van der Waals surface area contributed by atoms with Gasteiger partial charge in [0.15, 0.2) is 0 Å². The van der Waals surface area contributed by atoms with Gasteiger partial charge >= 0.3 is 0 Å². The summed E-state index contributed by atoms with van der Waals surface area (Å²) < 4.78 is 0.945. The molecule has 1 aliphatic carbocycles. The van der Waals surface area contributed by atoms with Crippen LogP contribution in [0.15, 0.2) is 77.3 Å². The van der Waals surface area contributed by atoms with Crippen LogP contribution in [0.3, 0.4) is 0 Å². The Bertz CT molecular complexity index is 1120. The van der Waals surface area contributed by atoms with Gasteiger partial charge in [0, 0.05) is 4.47 Å². The highest BCUT2D eigenvalue weighted by Gasteiger charge is 2.21. The molecule has 4 aromatic rings. The molecule has 5 rings (SSSR count). The third kappa shape index (κ3) is 1.92. The Balaban J connectivity index is 1.80. The van der Waals surface area contributed by atoms with E-state index in [1.54, 1.807) is 0 Å². The highest BCUT2D eigenvalue weighted by Crippen LogP contribution is 2.48. The molecule has 0 aromatic heterocycles. The summed E-state index contributed by atoms with van der Waals surface area (Å²) in [6.07, 6.45) is 0. The highest BCUT2D eigenvalue weighted by atomic mass is 79.9. The third-order valence-corrected chi connectivity index (χ3v) is 6.16. The van der Waals surface area contributed by atoms with E-state index in [0.717, 1.165) is 15.1 Å². The second kappa shape index (κ2) is 5.20. The Morgan fingerprint density at radius 2 is 1.29 bits per heavy atom. The van der Waals surface area contributed by atoms with Crippen LogP contribution in [0.4, 0.5) is 0 Å². The lowest BCUT2D eigenvalue weighted by atomic mass is 9.97. The van der Waals surface area contributed by atoms with Gasteiger partial charge < -0.3 is 0 Å². The van der Waals surface area contributed by atoms with Gasteiger partial charge in [-0.05, 0) is 72.2 Å². The van der Waals surface area contributed by atoms with Crippen molar-refractivity contribution in [3.63, 3.8) is 0 Å². The zero-order valence-corrected chi connectivity index (χ0v) is 15.0. The number of hydrogen-bond donors (Lipinski definition) is 0. The van der Waals surface area contributed by atoms with Crippen LogP contribution in [0.2, 0.25) is 5.02 Å². The molecule has 2 heteroatoms. The average molecular weight is 392 g/mol. The summed E-state index contributed by atoms with van der Waals surface area (Å²) >= 11 is 9.90. The van der Waals surface area contributed by atoms with Crippen molar-refractivity contribution in [1.82, 2.24) is 0 Å². The van der Waals surface area contributed by atoms with Crippen LogP contribution < -0.4 is 0 Å². The molecule has 4 aromatic carbocycles. The molecule has 0 unspecified atom stereocenters. The molecule has 1 aliphatic rings. The minimum atomic E-state index is 0.735. The molecular weight excluding hydrogens is 380 g/mol. The molecule has 0 heterocycles. The summed E-state index contributed by atoms with van der Waals surface area (Å²) in [6, 6.07) is 25.8. The zero-order chi connectivity index (χ0) is 16.3. The van der Waals surface area contributed by atoms with Crippen molar-refractivity contribution in [1.29, 1.82) is 0 Å². The van der Waals surface area contributed by atoms with Crippen molar-refractivity contribution in [2.75, 3.05) is 0 Å². The van der Waals surface area contributed by atoms with Crippen LogP contribution in [-0.4, -0.2) is 0 Å². The quantitative estimate of drug-likeness (QED) is 0.276. The first-order valence-electron chi connectivity index (χ1n) is 7.85. The van der Waals surface area contributed by atoms with Gasteiger partial charge in [-0.15, -0.1) is 0 Å². The first-order valence-corrected chi connectivity index (χ1v) is 9.02. The third-order valence-electron chi connectivity index (χ3n) is 4.77. The summed E-state index contributed by atoms with van der Waals surface area (Å²) in [4.78, 5) is 0. The molecule has 24 heavy (non-hydrogen) atoms. The lowest BCUT2D eigenvalue weighted by molar-refractivity contribution is 1.58. The van der Waals surface area contributed by atoms with Gasteiger partial charge in [0.1, 0.15) is 0 Å². The number of halogens is 2. The van der Waals surface area contributed by atoms with E-state index in [9.17, 15) is 0 Å². The van der Waals surface area contributed by atoms with E-state index in [0.29, 0.717) is 0 Å². The van der Waals surface area contributed by atoms with E-state index in [-0.39, 0.29) is 0 Å². The smallest absolute Gasteiger partial charge is 0.0554 e. The standard InChI is InChI=1S/C22H12BrCl/c23-22-15(6-3-9-20(22)24)14-10-11-16-17-7-1-4-13-5-2-8-18(21(13)17)19(16)12-14/h1-12H. The van der Waals surface area contributed by atoms with Gasteiger partial charge in [0.05, 0.1) is 5.02 Å². The number of rotatable bonds is 1. The van der Waals surface area contributed by atoms with E-state index in [2.05, 4.69) is 76.6 Å². The molecule has 0 saturated carbocycles. The molecule has 0 fully saturated rings. The Hall–Kier alpha value is -2.09. The van der Waals surface area contributed by atoms with Crippen LogP contribution >= 0.6 is 27.5 Å². The average Bonchev–Trinajstić information content (AvgIpc) is 2.93. The van der Waals surface area contributed by atoms with Crippen molar-refractivity contribution in [2.45, 2.75) is 0 Å². The fourth-order valence-electron chi connectivity index (χ4n) is 3.69. The number of hydrogen-bond acceptors (Lipinski definition) is 0. The van der Waals surface area contributed by atoms with E-state index in [1.807, 2.05) is 12.1 Å². The van der Waals surface area contributed by atoms with Crippen molar-refractivity contribution in [3.8, 4) is 33.4 Å². The van der Waals surface area contributed by atoms with Crippen molar-refractivity contribution in [2.24, 2.45) is 0 Å². The Labute approximate surface area is 153 Å². The van der Waals surface area contributed by atoms with E-state index >= 15 is 0 Å². The molecule has 0 radical (unpaired) electrons. The minimum Gasteiger partial charge on any atom is -0.0831 e. The fraction of sp³-hybridized carbons (Fsp3) is 0. The van der Waals surface area contributed by atoms with Crippen molar-refractivity contribution >= 4 is 38.3 Å². The van der Waals surface area contributed by atoms with Crippen LogP contribution in [0.1, 0.15) is 0 Å². The predicted octanol–water partition coefficient (Wildman–Crippen LogP) is 7.57. The van der Waals surface area contributed by atoms with Gasteiger partial charge in [-0.1, -0.05) is 72.3 Å². The fourth-order valence-corrected chi connectivity index (χ4v) is 4.35. The molecule has 0 saturated heterocycles. The molecule has 0 atom stereocenters. The maximum atomic E-state index is 6.27. The maximum absolute atomic E-state index is 6.27. The molecule has 0 bridgehead atoms. The minimum absolute atomic E-state index is 0.735. The maximum Gasteiger partial charge on any atom is 0.0554 e. The molecule has 114 valence electrons. The normalized spacial score (nSPS) is 11.8. The lowest BCUT2D eigenvalue weighted by Crippen LogP contribution is -1.83. The van der Waals surface area contributed by atoms with Crippen molar-refractivity contribution < 1.29 is 0 Å². The van der Waals surface area contributed by atoms with Gasteiger partial charge in [-0.2, -0.15) is 0 Å². The summed E-state index contributed by atoms with van der Waals surface area (Å²) in [5.74, 6) is 0. The topological polar surface area (TPSA) is 0 Å². The summed E-state index contributed by atoms with van der Waals surface area (Å²) in [6.45, 7) is 0. The van der Waals surface area contributed by atoms with E-state index in [4.69, 9.17) is 11.6 Å². The zero-order valence-electron chi connectivity index (χ0n) is 12.7. The summed E-state index contributed by atoms with van der Waals surface area (Å²) in [7, 11) is 0.